The van der Waals surface area contributed by atoms with E-state index in [0.29, 0.717) is 62.8 Å². The Bertz CT molecular complexity index is 933. The monoisotopic (exact) mass is 513 g/mol. The molecule has 0 bridgehead atoms. The molecule has 202 valence electrons. The van der Waals surface area contributed by atoms with Crippen molar-refractivity contribution < 1.29 is 39.9 Å². The number of carbonyl (C=O) groups is 3. The fraction of sp³-hybridized carbons (Fsp3) is 0.667. The average molecular weight is 514 g/mol. The number of aliphatic carboxylic acids is 3. The minimum Gasteiger partial charge on any atom is -0.481 e. The standard InChI is InChI=1S/C12H19N3O5.C9H16N4O3/c16-7-2-1-5-10(12(19)20)15-8-9(13-14-15)4-3-6-11(17)18;10-5-7-6-13(12-11-7)8(9(15)16)3-1-2-4-14/h8,10,16H,1-7H2,(H,17,18)(H,19,20);6,8,14H,1-5,10H2,(H,15,16). The predicted molar refractivity (Wildman–Crippen MR) is 124 cm³/mol. The number of hydrogen-bond acceptors (Lipinski definition) is 10. The Kier molecular flexibility index (Phi) is 14.5. The van der Waals surface area contributed by atoms with Crippen molar-refractivity contribution in [1.82, 2.24) is 30.0 Å². The van der Waals surface area contributed by atoms with Crippen LogP contribution in [0.3, 0.4) is 0 Å². The molecule has 0 aliphatic carbocycles. The van der Waals surface area contributed by atoms with Crippen LogP contribution in [0, 0.1) is 0 Å². The summed E-state index contributed by atoms with van der Waals surface area (Å²) in [5.74, 6) is -2.82. The highest BCUT2D eigenvalue weighted by atomic mass is 16.4. The lowest BCUT2D eigenvalue weighted by Crippen LogP contribution is -2.19. The third-order valence-electron chi connectivity index (χ3n) is 5.13. The Morgan fingerprint density at radius 2 is 1.25 bits per heavy atom. The smallest absolute Gasteiger partial charge is 0.328 e. The third kappa shape index (κ3) is 11.3. The van der Waals surface area contributed by atoms with Gasteiger partial charge in [-0.05, 0) is 51.4 Å². The first-order valence-electron chi connectivity index (χ1n) is 11.6. The number of rotatable bonds is 17. The molecule has 7 N–H and O–H groups in total. The number of nitrogens with zero attached hydrogens (tertiary/aromatic N) is 6. The Hall–Kier alpha value is -3.43. The summed E-state index contributed by atoms with van der Waals surface area (Å²) in [5.41, 5.74) is 6.51. The topological polar surface area (TPSA) is 240 Å². The molecule has 0 spiro atoms. The predicted octanol–water partition coefficient (Wildman–Crippen LogP) is -0.00120. The number of carboxylic acid groups (broad SMARTS) is 3. The van der Waals surface area contributed by atoms with Crippen LogP contribution in [0.4, 0.5) is 0 Å². The second-order valence-corrected chi connectivity index (χ2v) is 7.98. The average Bonchev–Trinajstić information content (AvgIpc) is 3.49. The summed E-state index contributed by atoms with van der Waals surface area (Å²) in [6.45, 7) is 0.338. The van der Waals surface area contributed by atoms with E-state index in [1.54, 1.807) is 6.20 Å². The molecule has 36 heavy (non-hydrogen) atoms. The van der Waals surface area contributed by atoms with Crippen LogP contribution >= 0.6 is 0 Å². The molecule has 0 aliphatic heterocycles. The van der Waals surface area contributed by atoms with Gasteiger partial charge in [0.05, 0.1) is 17.6 Å². The SMILES string of the molecule is NCc1cn(C(CCCCO)C(=O)O)nn1.O=C(O)CCCc1cn(C(CCCCO)C(=O)O)nn1. The minimum atomic E-state index is -0.995. The third-order valence-corrected chi connectivity index (χ3v) is 5.13. The normalized spacial score (nSPS) is 12.4. The van der Waals surface area contributed by atoms with Crippen molar-refractivity contribution in [2.75, 3.05) is 13.2 Å². The van der Waals surface area contributed by atoms with Crippen molar-refractivity contribution >= 4 is 17.9 Å². The molecule has 2 atom stereocenters. The molecular formula is C21H35N7O8. The summed E-state index contributed by atoms with van der Waals surface area (Å²) in [6.07, 6.45) is 7.16. The van der Waals surface area contributed by atoms with Gasteiger partial charge in [0.25, 0.3) is 0 Å². The Balaban J connectivity index is 0.000000369. The summed E-state index contributed by atoms with van der Waals surface area (Å²) in [4.78, 5) is 32.6. The number of aliphatic hydroxyl groups is 2. The lowest BCUT2D eigenvalue weighted by atomic mass is 10.1. The maximum atomic E-state index is 11.2. The van der Waals surface area contributed by atoms with Crippen LogP contribution in [0.25, 0.3) is 0 Å². The molecule has 2 unspecified atom stereocenters. The lowest BCUT2D eigenvalue weighted by Gasteiger charge is -2.11. The van der Waals surface area contributed by atoms with Crippen LogP contribution in [0.2, 0.25) is 0 Å². The van der Waals surface area contributed by atoms with Crippen molar-refractivity contribution in [3.8, 4) is 0 Å². The van der Waals surface area contributed by atoms with E-state index in [4.69, 9.17) is 31.3 Å². The highest BCUT2D eigenvalue weighted by Gasteiger charge is 2.21. The summed E-state index contributed by atoms with van der Waals surface area (Å²) < 4.78 is 2.59. The molecule has 2 aromatic rings. The second kappa shape index (κ2) is 17.1. The van der Waals surface area contributed by atoms with Crippen LogP contribution in [-0.2, 0) is 27.3 Å². The van der Waals surface area contributed by atoms with E-state index < -0.39 is 30.0 Å². The second-order valence-electron chi connectivity index (χ2n) is 7.98. The van der Waals surface area contributed by atoms with E-state index in [2.05, 4.69) is 20.6 Å². The fourth-order valence-electron chi connectivity index (χ4n) is 3.20. The van der Waals surface area contributed by atoms with Gasteiger partial charge in [-0.3, -0.25) is 4.79 Å². The van der Waals surface area contributed by atoms with E-state index in [0.717, 1.165) is 0 Å². The van der Waals surface area contributed by atoms with Crippen LogP contribution in [0.15, 0.2) is 12.4 Å². The van der Waals surface area contributed by atoms with Gasteiger partial charge in [0, 0.05) is 32.4 Å². The molecule has 15 heteroatoms. The van der Waals surface area contributed by atoms with Gasteiger partial charge in [0.2, 0.25) is 0 Å². The molecule has 2 heterocycles. The van der Waals surface area contributed by atoms with E-state index >= 15 is 0 Å². The molecule has 15 nitrogen and oxygen atoms in total. The number of nitrogens with two attached hydrogens (primary N) is 1. The Morgan fingerprint density at radius 1 is 0.778 bits per heavy atom. The number of unbranched alkanes of at least 4 members (excludes halogenated alkanes) is 2. The highest BCUT2D eigenvalue weighted by Crippen LogP contribution is 2.16. The zero-order chi connectivity index (χ0) is 26.9. The number of aromatic nitrogens is 6. The molecule has 0 radical (unpaired) electrons. The van der Waals surface area contributed by atoms with Gasteiger partial charge in [-0.1, -0.05) is 10.4 Å². The largest absolute Gasteiger partial charge is 0.481 e. The quantitative estimate of drug-likeness (QED) is 0.153. The van der Waals surface area contributed by atoms with Crippen LogP contribution in [0.5, 0.6) is 0 Å². The molecule has 0 aliphatic rings. The number of aliphatic hydroxyl groups excluding tert-OH is 2. The first-order valence-corrected chi connectivity index (χ1v) is 11.6. The molecule has 0 amide bonds. The van der Waals surface area contributed by atoms with Gasteiger partial charge < -0.3 is 31.3 Å². The summed E-state index contributed by atoms with van der Waals surface area (Å²) in [7, 11) is 0. The van der Waals surface area contributed by atoms with Gasteiger partial charge in [0.1, 0.15) is 0 Å². The minimum absolute atomic E-state index is 0.0319. The number of hydrogen-bond donors (Lipinski definition) is 6. The first-order chi connectivity index (χ1) is 17.2. The molecule has 0 aromatic carbocycles. The van der Waals surface area contributed by atoms with Gasteiger partial charge in [0.15, 0.2) is 12.1 Å². The van der Waals surface area contributed by atoms with Gasteiger partial charge >= 0.3 is 17.9 Å². The van der Waals surface area contributed by atoms with E-state index in [1.807, 2.05) is 0 Å². The van der Waals surface area contributed by atoms with Gasteiger partial charge in [-0.25, -0.2) is 19.0 Å². The fourth-order valence-corrected chi connectivity index (χ4v) is 3.20. The highest BCUT2D eigenvalue weighted by molar-refractivity contribution is 5.72. The molecule has 2 aromatic heterocycles. The molecular weight excluding hydrogens is 478 g/mol. The Labute approximate surface area is 207 Å². The lowest BCUT2D eigenvalue weighted by molar-refractivity contribution is -0.142. The summed E-state index contributed by atoms with van der Waals surface area (Å²) in [5, 5.41) is 59.2. The van der Waals surface area contributed by atoms with Crippen LogP contribution < -0.4 is 5.73 Å². The summed E-state index contributed by atoms with van der Waals surface area (Å²) >= 11 is 0. The zero-order valence-electron chi connectivity index (χ0n) is 20.0. The van der Waals surface area contributed by atoms with Gasteiger partial charge in [-0.15, -0.1) is 10.2 Å². The number of aryl methyl sites for hydroxylation is 1. The van der Waals surface area contributed by atoms with E-state index in [1.165, 1.54) is 15.6 Å². The maximum Gasteiger partial charge on any atom is 0.328 e. The van der Waals surface area contributed by atoms with Crippen LogP contribution in [0.1, 0.15) is 74.8 Å². The summed E-state index contributed by atoms with van der Waals surface area (Å²) in [6, 6.07) is -1.54. The van der Waals surface area contributed by atoms with Crippen LogP contribution in [-0.4, -0.2) is 86.6 Å². The van der Waals surface area contributed by atoms with E-state index in [-0.39, 0.29) is 26.2 Å². The van der Waals surface area contributed by atoms with E-state index in [9.17, 15) is 14.4 Å². The van der Waals surface area contributed by atoms with Crippen molar-refractivity contribution in [2.45, 2.75) is 76.4 Å². The molecule has 0 saturated heterocycles. The zero-order valence-corrected chi connectivity index (χ0v) is 20.0. The number of carboxylic acids is 3. The van der Waals surface area contributed by atoms with Gasteiger partial charge in [-0.2, -0.15) is 0 Å². The molecule has 0 fully saturated rings. The maximum absolute atomic E-state index is 11.2. The van der Waals surface area contributed by atoms with Crippen molar-refractivity contribution in [3.63, 3.8) is 0 Å². The first kappa shape index (κ1) is 30.6. The molecule has 2 rings (SSSR count). The van der Waals surface area contributed by atoms with Crippen molar-refractivity contribution in [2.24, 2.45) is 5.73 Å². The van der Waals surface area contributed by atoms with Crippen molar-refractivity contribution in [1.29, 1.82) is 0 Å². The molecule has 0 saturated carbocycles. The Morgan fingerprint density at radius 3 is 1.64 bits per heavy atom. The van der Waals surface area contributed by atoms with Crippen molar-refractivity contribution in [3.05, 3.63) is 23.8 Å².